The van der Waals surface area contributed by atoms with E-state index in [1.54, 1.807) is 54.3 Å². The third-order valence-electron chi connectivity index (χ3n) is 10.9. The Morgan fingerprint density at radius 3 is 2.47 bits per heavy atom. The smallest absolute Gasteiger partial charge is 0.329 e. The van der Waals surface area contributed by atoms with Crippen LogP contribution in [0.4, 0.5) is 20.2 Å². The molecule has 4 heterocycles. The molecule has 3 aliphatic heterocycles. The monoisotopic (exact) mass is 815 g/mol. The molecule has 18 heteroatoms. The molecule has 3 atom stereocenters. The van der Waals surface area contributed by atoms with Gasteiger partial charge >= 0.3 is 15.9 Å². The number of carbonyl (C=O) groups is 4. The van der Waals surface area contributed by atoms with Crippen molar-refractivity contribution in [1.29, 1.82) is 0 Å². The number of rotatable bonds is 10. The number of hydrogen-bond acceptors (Lipinski definition) is 9. The molecule has 4 aromatic carbocycles. The number of ether oxygens (including phenoxy) is 1. The highest BCUT2D eigenvalue weighted by molar-refractivity contribution is 7.92. The van der Waals surface area contributed by atoms with Crippen LogP contribution in [0, 0.1) is 5.82 Å². The van der Waals surface area contributed by atoms with Crippen LogP contribution in [0.25, 0.3) is 21.8 Å². The average molecular weight is 816 g/mol. The Morgan fingerprint density at radius 1 is 0.966 bits per heavy atom. The van der Waals surface area contributed by atoms with Crippen molar-refractivity contribution in [2.24, 2.45) is 0 Å². The molecule has 1 unspecified atom stereocenters. The molecule has 3 N–H and O–H groups in total. The molecule has 8 rings (SSSR count). The second kappa shape index (κ2) is 15.3. The molecule has 3 saturated heterocycles. The van der Waals surface area contributed by atoms with Crippen LogP contribution in [-0.4, -0.2) is 78.4 Å². The zero-order valence-electron chi connectivity index (χ0n) is 31.2. The van der Waals surface area contributed by atoms with E-state index in [0.717, 1.165) is 5.56 Å². The van der Waals surface area contributed by atoms with Crippen LogP contribution in [0.1, 0.15) is 49.3 Å². The number of imide groups is 1. The van der Waals surface area contributed by atoms with E-state index in [0.29, 0.717) is 51.5 Å². The van der Waals surface area contributed by atoms with Crippen LogP contribution < -0.4 is 30.1 Å². The fourth-order valence-corrected chi connectivity index (χ4v) is 9.24. The molecule has 4 amide bonds. The molecular formula is C40H39F2N7O8S. The summed E-state index contributed by atoms with van der Waals surface area (Å²) >= 11 is 0. The molecule has 3 fully saturated rings. The number of fused-ring (bicyclic) bond motifs is 2. The van der Waals surface area contributed by atoms with Gasteiger partial charge in [0.05, 0.1) is 17.6 Å². The van der Waals surface area contributed by atoms with Crippen molar-refractivity contribution in [3.63, 3.8) is 0 Å². The first-order chi connectivity index (χ1) is 27.8. The van der Waals surface area contributed by atoms with Gasteiger partial charge in [0.1, 0.15) is 36.8 Å². The second-order valence-corrected chi connectivity index (χ2v) is 16.2. The topological polar surface area (TPSA) is 181 Å². The summed E-state index contributed by atoms with van der Waals surface area (Å²) in [6.45, 7) is 1.72. The lowest BCUT2D eigenvalue weighted by Crippen LogP contribution is -2.44. The van der Waals surface area contributed by atoms with Crippen molar-refractivity contribution < 1.29 is 41.1 Å². The molecule has 5 aromatic rings. The van der Waals surface area contributed by atoms with Crippen molar-refractivity contribution in [1.82, 2.24) is 24.1 Å². The van der Waals surface area contributed by atoms with E-state index in [4.69, 9.17) is 4.74 Å². The Bertz CT molecular complexity index is 2670. The molecule has 0 aliphatic carbocycles. The molecule has 302 valence electrons. The number of nitrogens with zero attached hydrogens (tertiary/aromatic N) is 4. The summed E-state index contributed by atoms with van der Waals surface area (Å²) in [6, 6.07) is 19.2. The minimum atomic E-state index is -4.38. The van der Waals surface area contributed by atoms with Gasteiger partial charge in [0, 0.05) is 36.5 Å². The zero-order chi connectivity index (χ0) is 40.9. The highest BCUT2D eigenvalue weighted by Gasteiger charge is 2.39. The molecule has 0 bridgehead atoms. The van der Waals surface area contributed by atoms with Crippen molar-refractivity contribution in [2.75, 3.05) is 35.8 Å². The Hall–Kier alpha value is -6.14. The van der Waals surface area contributed by atoms with E-state index >= 15 is 8.78 Å². The van der Waals surface area contributed by atoms with Gasteiger partial charge in [0.2, 0.25) is 17.7 Å². The van der Waals surface area contributed by atoms with Crippen LogP contribution in [0.15, 0.2) is 77.6 Å². The molecule has 58 heavy (non-hydrogen) atoms. The average Bonchev–Trinajstić information content (AvgIpc) is 3.62. The fraction of sp³-hybridized carbons (Fsp3) is 0.325. The van der Waals surface area contributed by atoms with Crippen LogP contribution in [0.2, 0.25) is 0 Å². The van der Waals surface area contributed by atoms with Gasteiger partial charge in [0.25, 0.3) is 5.91 Å². The number of likely N-dealkylation sites (tertiary alicyclic amines) is 1. The number of anilines is 2. The van der Waals surface area contributed by atoms with Gasteiger partial charge < -0.3 is 10.1 Å². The quantitative estimate of drug-likeness (QED) is 0.178. The maximum atomic E-state index is 16.2. The number of aryl methyl sites for hydroxylation is 1. The lowest BCUT2D eigenvalue weighted by atomic mass is 9.87. The summed E-state index contributed by atoms with van der Waals surface area (Å²) in [5, 5.41) is 5.41. The maximum Gasteiger partial charge on any atom is 0.329 e. The summed E-state index contributed by atoms with van der Waals surface area (Å²) in [5.74, 6) is -3.73. The van der Waals surface area contributed by atoms with Gasteiger partial charge in [-0.15, -0.1) is 0 Å². The Morgan fingerprint density at radius 2 is 1.76 bits per heavy atom. The largest absolute Gasteiger partial charge is 0.487 e. The normalized spacial score (nSPS) is 21.0. The van der Waals surface area contributed by atoms with E-state index < -0.39 is 64.1 Å². The van der Waals surface area contributed by atoms with Gasteiger partial charge in [-0.1, -0.05) is 36.4 Å². The first-order valence-electron chi connectivity index (χ1n) is 18.8. The van der Waals surface area contributed by atoms with Gasteiger partial charge in [0.15, 0.2) is 5.82 Å². The van der Waals surface area contributed by atoms with Crippen LogP contribution in [0.3, 0.4) is 0 Å². The van der Waals surface area contributed by atoms with E-state index in [1.165, 1.54) is 33.4 Å². The number of carbonyl (C=O) groups excluding carboxylic acids is 4. The number of nitrogens with one attached hydrogen (secondary N) is 3. The predicted octanol–water partition coefficient (Wildman–Crippen LogP) is 3.62. The molecular weight excluding hydrogens is 777 g/mol. The third kappa shape index (κ3) is 7.28. The number of aromatic nitrogens is 2. The number of alkyl halides is 1. The molecule has 0 radical (unpaired) electrons. The number of hydrogen-bond donors (Lipinski definition) is 3. The number of benzene rings is 4. The van der Waals surface area contributed by atoms with Gasteiger partial charge in [-0.2, -0.15) is 8.42 Å². The van der Waals surface area contributed by atoms with Crippen molar-refractivity contribution in [2.45, 2.75) is 57.5 Å². The van der Waals surface area contributed by atoms with Gasteiger partial charge in [-0.05, 0) is 79.2 Å². The fourth-order valence-electron chi connectivity index (χ4n) is 8.08. The number of piperidine rings is 2. The number of amides is 4. The van der Waals surface area contributed by atoms with E-state index in [1.807, 2.05) is 10.8 Å². The van der Waals surface area contributed by atoms with Crippen LogP contribution in [0.5, 0.6) is 5.75 Å². The maximum absolute atomic E-state index is 16.2. The third-order valence-corrected chi connectivity index (χ3v) is 12.2. The number of halogens is 2. The molecule has 0 spiro atoms. The molecule has 1 aromatic heterocycles. The first kappa shape index (κ1) is 38.7. The van der Waals surface area contributed by atoms with Crippen molar-refractivity contribution >= 4 is 67.0 Å². The number of imidazole rings is 1. The summed E-state index contributed by atoms with van der Waals surface area (Å²) in [5.41, 5.74) is 2.03. The van der Waals surface area contributed by atoms with Gasteiger partial charge in [-0.25, -0.2) is 22.6 Å². The molecule has 0 saturated carbocycles. The predicted molar refractivity (Wildman–Crippen MR) is 210 cm³/mol. The van der Waals surface area contributed by atoms with Crippen molar-refractivity contribution in [3.05, 3.63) is 100 Å². The minimum absolute atomic E-state index is 0.0246. The molecule has 3 aliphatic rings. The minimum Gasteiger partial charge on any atom is -0.487 e. The summed E-state index contributed by atoms with van der Waals surface area (Å²) in [4.78, 5) is 64.8. The second-order valence-electron chi connectivity index (χ2n) is 14.6. The lowest BCUT2D eigenvalue weighted by molar-refractivity contribution is -0.135. The summed E-state index contributed by atoms with van der Waals surface area (Å²) < 4.78 is 69.0. The molecule has 15 nitrogen and oxygen atoms in total. The van der Waals surface area contributed by atoms with Crippen LogP contribution in [-0.2, 0) is 42.5 Å². The highest BCUT2D eigenvalue weighted by atomic mass is 32.2. The van der Waals surface area contributed by atoms with E-state index in [2.05, 4.69) is 10.6 Å². The Kier molecular flexibility index (Phi) is 10.2. The lowest BCUT2D eigenvalue weighted by Gasteiger charge is -2.34. The van der Waals surface area contributed by atoms with Crippen molar-refractivity contribution in [3.8, 4) is 5.75 Å². The Balaban J connectivity index is 0.968. The Labute approximate surface area is 330 Å². The SMILES string of the molecule is CCn1c(=O)n(C2CCC(=O)NC2=O)c2ccc([C@H]3CCN(CC(=O)Nc4ccc5c(F)c(N6CC(=O)NS6(=O)=O)c(OCc6ccccc6)cc5c4)C[C@@H]3F)cc21. The summed E-state index contributed by atoms with van der Waals surface area (Å²) in [6.07, 6.45) is -0.627. The first-order valence-corrected chi connectivity index (χ1v) is 20.3. The van der Waals surface area contributed by atoms with E-state index in [-0.39, 0.29) is 55.3 Å². The van der Waals surface area contributed by atoms with E-state index in [9.17, 15) is 32.4 Å². The summed E-state index contributed by atoms with van der Waals surface area (Å²) in [7, 11) is -4.38. The van der Waals surface area contributed by atoms with Crippen LogP contribution >= 0.6 is 0 Å². The standard InChI is InChI=1S/C40H39F2N7O8S/c1-2-47-32-17-24(8-11-30(32)49(40(47)54)31-12-13-34(50)44-39(31)53)27-14-15-46(19-29(27)41)20-35(51)43-26-9-10-28-25(16-26)18-33(57-22-23-6-4-3-5-7-23)38(37(28)42)48-21-36(52)45-58(48,55)56/h3-11,16-18,27,29,31H,2,12-15,19-22H2,1H3,(H,43,51)(H,45,52)(H,44,50,53)/t27-,29+,31?/m1/s1. The highest BCUT2D eigenvalue weighted by Crippen LogP contribution is 2.40. The van der Waals surface area contributed by atoms with Gasteiger partial charge in [-0.3, -0.25) is 38.5 Å². The zero-order valence-corrected chi connectivity index (χ0v) is 32.1.